The van der Waals surface area contributed by atoms with Gasteiger partial charge in [0.25, 0.3) is 0 Å². The summed E-state index contributed by atoms with van der Waals surface area (Å²) in [6.45, 7) is 8.01. The minimum atomic E-state index is -0.222. The standard InChI is InChI=1S/C18H28FNO/c1-5-7-8-10-15(4)20(18(21)9-6-2)16-11-12-17(19)14(3)13-16/h11-13,15H,5-10H2,1-4H3. The van der Waals surface area contributed by atoms with Crippen LogP contribution in [0, 0.1) is 12.7 Å². The average Bonchev–Trinajstić information content (AvgIpc) is 2.43. The summed E-state index contributed by atoms with van der Waals surface area (Å²) in [7, 11) is 0. The first kappa shape index (κ1) is 17.7. The molecule has 1 aromatic rings. The third-order valence-corrected chi connectivity index (χ3v) is 3.82. The van der Waals surface area contributed by atoms with Crippen LogP contribution in [0.3, 0.4) is 0 Å². The molecule has 0 heterocycles. The van der Waals surface area contributed by atoms with Crippen molar-refractivity contribution in [1.29, 1.82) is 0 Å². The van der Waals surface area contributed by atoms with Gasteiger partial charge < -0.3 is 4.90 Å². The monoisotopic (exact) mass is 293 g/mol. The molecule has 0 aromatic heterocycles. The van der Waals surface area contributed by atoms with Crippen LogP contribution in [0.2, 0.25) is 0 Å². The van der Waals surface area contributed by atoms with E-state index in [1.165, 1.54) is 18.9 Å². The number of halogens is 1. The van der Waals surface area contributed by atoms with Crippen LogP contribution in [0.1, 0.15) is 64.9 Å². The highest BCUT2D eigenvalue weighted by Crippen LogP contribution is 2.24. The maximum Gasteiger partial charge on any atom is 0.227 e. The second-order valence-corrected chi connectivity index (χ2v) is 5.79. The van der Waals surface area contributed by atoms with E-state index < -0.39 is 0 Å². The summed E-state index contributed by atoms with van der Waals surface area (Å²) in [6, 6.07) is 5.10. The molecule has 0 aliphatic rings. The number of carbonyl (C=O) groups is 1. The average molecular weight is 293 g/mol. The molecule has 1 atom stereocenters. The van der Waals surface area contributed by atoms with Crippen LogP contribution in [0.5, 0.6) is 0 Å². The molecule has 0 N–H and O–H groups in total. The Kier molecular flexibility index (Phi) is 7.41. The summed E-state index contributed by atoms with van der Waals surface area (Å²) in [5.41, 5.74) is 1.40. The fourth-order valence-electron chi connectivity index (χ4n) is 2.58. The number of hydrogen-bond acceptors (Lipinski definition) is 1. The molecule has 1 rings (SSSR count). The Bertz CT molecular complexity index is 459. The smallest absolute Gasteiger partial charge is 0.227 e. The van der Waals surface area contributed by atoms with E-state index in [0.29, 0.717) is 12.0 Å². The van der Waals surface area contributed by atoms with Gasteiger partial charge in [0.2, 0.25) is 5.91 Å². The highest BCUT2D eigenvalue weighted by Gasteiger charge is 2.21. The molecule has 0 bridgehead atoms. The van der Waals surface area contributed by atoms with Crippen molar-refractivity contribution < 1.29 is 9.18 Å². The van der Waals surface area contributed by atoms with Gasteiger partial charge >= 0.3 is 0 Å². The Balaban J connectivity index is 2.95. The lowest BCUT2D eigenvalue weighted by Gasteiger charge is -2.30. The molecule has 0 aliphatic carbocycles. The SMILES string of the molecule is CCCCCC(C)N(C(=O)CCC)c1ccc(F)c(C)c1. The maximum absolute atomic E-state index is 13.5. The van der Waals surface area contributed by atoms with Crippen molar-refractivity contribution in [1.82, 2.24) is 0 Å². The number of nitrogens with zero attached hydrogens (tertiary/aromatic N) is 1. The number of rotatable bonds is 8. The summed E-state index contributed by atoms with van der Waals surface area (Å²) < 4.78 is 13.5. The number of amides is 1. The van der Waals surface area contributed by atoms with Gasteiger partial charge in [-0.25, -0.2) is 4.39 Å². The molecule has 0 radical (unpaired) electrons. The fourth-order valence-corrected chi connectivity index (χ4v) is 2.58. The van der Waals surface area contributed by atoms with E-state index in [0.717, 1.165) is 24.9 Å². The van der Waals surface area contributed by atoms with E-state index in [4.69, 9.17) is 0 Å². The second kappa shape index (κ2) is 8.81. The van der Waals surface area contributed by atoms with Crippen molar-refractivity contribution in [3.8, 4) is 0 Å². The number of hydrogen-bond donors (Lipinski definition) is 0. The summed E-state index contributed by atoms with van der Waals surface area (Å²) in [4.78, 5) is 14.3. The third-order valence-electron chi connectivity index (χ3n) is 3.82. The summed E-state index contributed by atoms with van der Waals surface area (Å²) in [6.07, 6.45) is 5.83. The van der Waals surface area contributed by atoms with Crippen molar-refractivity contribution in [2.45, 2.75) is 72.3 Å². The molecule has 21 heavy (non-hydrogen) atoms. The topological polar surface area (TPSA) is 20.3 Å². The molecule has 2 nitrogen and oxygen atoms in total. The molecule has 0 saturated heterocycles. The molecule has 0 spiro atoms. The first-order valence-corrected chi connectivity index (χ1v) is 8.09. The van der Waals surface area contributed by atoms with Crippen molar-refractivity contribution in [3.05, 3.63) is 29.6 Å². The predicted octanol–water partition coefficient (Wildman–Crippen LogP) is 5.24. The Labute approximate surface area is 128 Å². The zero-order valence-corrected chi connectivity index (χ0v) is 13.8. The van der Waals surface area contributed by atoms with Gasteiger partial charge in [-0.3, -0.25) is 4.79 Å². The number of aryl methyl sites for hydroxylation is 1. The summed E-state index contributed by atoms with van der Waals surface area (Å²) in [5, 5.41) is 0. The van der Waals surface area contributed by atoms with Crippen LogP contribution < -0.4 is 4.90 Å². The van der Waals surface area contributed by atoms with E-state index in [2.05, 4.69) is 13.8 Å². The van der Waals surface area contributed by atoms with Crippen molar-refractivity contribution in [3.63, 3.8) is 0 Å². The van der Waals surface area contributed by atoms with Crippen LogP contribution in [0.4, 0.5) is 10.1 Å². The lowest BCUT2D eigenvalue weighted by atomic mass is 10.1. The predicted molar refractivity (Wildman–Crippen MR) is 87.1 cm³/mol. The Hall–Kier alpha value is -1.38. The van der Waals surface area contributed by atoms with Gasteiger partial charge in [-0.2, -0.15) is 0 Å². The number of benzene rings is 1. The first-order valence-electron chi connectivity index (χ1n) is 8.09. The molecular weight excluding hydrogens is 265 g/mol. The van der Waals surface area contributed by atoms with E-state index in [-0.39, 0.29) is 17.8 Å². The second-order valence-electron chi connectivity index (χ2n) is 5.79. The molecular formula is C18H28FNO. The normalized spacial score (nSPS) is 12.2. The van der Waals surface area contributed by atoms with Gasteiger partial charge in [-0.15, -0.1) is 0 Å². The maximum atomic E-state index is 13.5. The fraction of sp³-hybridized carbons (Fsp3) is 0.611. The van der Waals surface area contributed by atoms with Crippen LogP contribution >= 0.6 is 0 Å². The van der Waals surface area contributed by atoms with Gasteiger partial charge in [-0.05, 0) is 50.5 Å². The van der Waals surface area contributed by atoms with E-state index in [1.807, 2.05) is 11.8 Å². The zero-order chi connectivity index (χ0) is 15.8. The van der Waals surface area contributed by atoms with E-state index in [9.17, 15) is 9.18 Å². The van der Waals surface area contributed by atoms with E-state index >= 15 is 0 Å². The van der Waals surface area contributed by atoms with Crippen LogP contribution in [-0.4, -0.2) is 11.9 Å². The molecule has 1 unspecified atom stereocenters. The highest BCUT2D eigenvalue weighted by atomic mass is 19.1. The molecule has 0 saturated carbocycles. The van der Waals surface area contributed by atoms with Crippen LogP contribution in [0.15, 0.2) is 18.2 Å². The van der Waals surface area contributed by atoms with Crippen molar-refractivity contribution in [2.24, 2.45) is 0 Å². The molecule has 1 aromatic carbocycles. The zero-order valence-electron chi connectivity index (χ0n) is 13.8. The van der Waals surface area contributed by atoms with E-state index in [1.54, 1.807) is 19.1 Å². The first-order chi connectivity index (χ1) is 10.0. The number of carbonyl (C=O) groups excluding carboxylic acids is 1. The Morgan fingerprint density at radius 2 is 1.95 bits per heavy atom. The minimum absolute atomic E-state index is 0.132. The Morgan fingerprint density at radius 1 is 1.24 bits per heavy atom. The van der Waals surface area contributed by atoms with Gasteiger partial charge in [0.15, 0.2) is 0 Å². The summed E-state index contributed by atoms with van der Waals surface area (Å²) in [5.74, 6) is -0.0900. The quantitative estimate of drug-likeness (QED) is 0.600. The van der Waals surface area contributed by atoms with Crippen LogP contribution in [0.25, 0.3) is 0 Å². The van der Waals surface area contributed by atoms with Gasteiger partial charge in [0, 0.05) is 18.2 Å². The molecule has 1 amide bonds. The van der Waals surface area contributed by atoms with Crippen LogP contribution in [-0.2, 0) is 4.79 Å². The van der Waals surface area contributed by atoms with Crippen molar-refractivity contribution >= 4 is 11.6 Å². The minimum Gasteiger partial charge on any atom is -0.310 e. The van der Waals surface area contributed by atoms with Crippen molar-refractivity contribution in [2.75, 3.05) is 4.90 Å². The lowest BCUT2D eigenvalue weighted by molar-refractivity contribution is -0.119. The Morgan fingerprint density at radius 3 is 2.52 bits per heavy atom. The lowest BCUT2D eigenvalue weighted by Crippen LogP contribution is -2.38. The largest absolute Gasteiger partial charge is 0.310 e. The molecule has 0 fully saturated rings. The van der Waals surface area contributed by atoms with Gasteiger partial charge in [0.1, 0.15) is 5.82 Å². The third kappa shape index (κ3) is 5.14. The number of unbranched alkanes of at least 4 members (excludes halogenated alkanes) is 2. The molecule has 3 heteroatoms. The molecule has 118 valence electrons. The van der Waals surface area contributed by atoms with Gasteiger partial charge in [-0.1, -0.05) is 33.1 Å². The van der Waals surface area contributed by atoms with Gasteiger partial charge in [0.05, 0.1) is 0 Å². The molecule has 0 aliphatic heterocycles. The number of anilines is 1. The summed E-state index contributed by atoms with van der Waals surface area (Å²) >= 11 is 0. The highest BCUT2D eigenvalue weighted by molar-refractivity contribution is 5.93.